The Hall–Kier alpha value is 0. The molecule has 0 nitrogen and oxygen atoms in total. The standard InChI is InChI=1S/C7H16.5C2H6/c1-4-7(5-2)6-3;5*1-2/h7H,4-6H2,1-3H3;5*1-2H3. The molecule has 0 amide bonds. The Balaban J connectivity index is -0.0000000257. The lowest BCUT2D eigenvalue weighted by molar-refractivity contribution is 0.477. The lowest BCUT2D eigenvalue weighted by atomic mass is 10.0. The quantitative estimate of drug-likeness (QED) is 0.476. The predicted molar refractivity (Wildman–Crippen MR) is 91.1 cm³/mol. The van der Waals surface area contributed by atoms with Crippen LogP contribution in [0.15, 0.2) is 0 Å². The summed E-state index contributed by atoms with van der Waals surface area (Å²) in [6.45, 7) is 26.8. The Morgan fingerprint density at radius 1 is 0.412 bits per heavy atom. The highest BCUT2D eigenvalue weighted by atomic mass is 14.0. The van der Waals surface area contributed by atoms with Gasteiger partial charge in [0.25, 0.3) is 0 Å². The van der Waals surface area contributed by atoms with Crippen LogP contribution in [0.25, 0.3) is 0 Å². The third-order valence-corrected chi connectivity index (χ3v) is 1.73. The molecule has 0 N–H and O–H groups in total. The first kappa shape index (κ1) is 36.0. The Morgan fingerprint density at radius 2 is 0.529 bits per heavy atom. The molecular formula is C17H46. The van der Waals surface area contributed by atoms with Gasteiger partial charge in [-0.2, -0.15) is 0 Å². The van der Waals surface area contributed by atoms with Crippen LogP contribution < -0.4 is 0 Å². The summed E-state index contributed by atoms with van der Waals surface area (Å²) in [5, 5.41) is 0. The highest BCUT2D eigenvalue weighted by Gasteiger charge is 1.95. The van der Waals surface area contributed by atoms with Gasteiger partial charge >= 0.3 is 0 Å². The molecule has 0 aromatic heterocycles. The predicted octanol–water partition coefficient (Wildman–Crippen LogP) is 7.96. The molecule has 0 heteroatoms. The normalized spacial score (nSPS) is 6.00. The first-order valence-corrected chi connectivity index (χ1v) is 8.35. The van der Waals surface area contributed by atoms with Gasteiger partial charge in [-0.25, -0.2) is 0 Å². The van der Waals surface area contributed by atoms with Gasteiger partial charge in [0.05, 0.1) is 0 Å². The van der Waals surface area contributed by atoms with Crippen molar-refractivity contribution in [2.24, 2.45) is 5.92 Å². The molecule has 0 unspecified atom stereocenters. The zero-order chi connectivity index (χ0) is 15.7. The van der Waals surface area contributed by atoms with Gasteiger partial charge in [0.2, 0.25) is 0 Å². The minimum absolute atomic E-state index is 0.986. The van der Waals surface area contributed by atoms with Crippen molar-refractivity contribution in [3.8, 4) is 0 Å². The second kappa shape index (κ2) is 100. The van der Waals surface area contributed by atoms with Gasteiger partial charge in [0.15, 0.2) is 0 Å². The fourth-order valence-corrected chi connectivity index (χ4v) is 0.866. The molecule has 114 valence electrons. The SMILES string of the molecule is CC.CC.CC.CC.CC.CCC(CC)CC. The highest BCUT2D eigenvalue weighted by molar-refractivity contribution is 4.48. The van der Waals surface area contributed by atoms with Crippen LogP contribution in [0.3, 0.4) is 0 Å². The third-order valence-electron chi connectivity index (χ3n) is 1.73. The molecule has 0 rings (SSSR count). The zero-order valence-electron chi connectivity index (χ0n) is 15.7. The molecule has 0 atom stereocenters. The monoisotopic (exact) mass is 250 g/mol. The first-order chi connectivity index (χ1) is 8.35. The molecular weight excluding hydrogens is 204 g/mol. The molecule has 0 aromatic rings. The van der Waals surface area contributed by atoms with Gasteiger partial charge in [-0.1, -0.05) is 109 Å². The number of hydrogen-bond donors (Lipinski definition) is 0. The molecule has 0 bridgehead atoms. The second-order valence-electron chi connectivity index (χ2n) is 2.09. The summed E-state index contributed by atoms with van der Waals surface area (Å²) in [6, 6.07) is 0. The Morgan fingerprint density at radius 3 is 0.529 bits per heavy atom. The minimum Gasteiger partial charge on any atom is -0.0683 e. The Kier molecular flexibility index (Phi) is 212. The lowest BCUT2D eigenvalue weighted by Gasteiger charge is -2.05. The van der Waals surface area contributed by atoms with E-state index in [4.69, 9.17) is 0 Å². The van der Waals surface area contributed by atoms with E-state index in [1.165, 1.54) is 19.3 Å². The molecule has 0 aromatic carbocycles. The lowest BCUT2D eigenvalue weighted by Crippen LogP contribution is -1.91. The van der Waals surface area contributed by atoms with E-state index in [0.29, 0.717) is 0 Å². The maximum absolute atomic E-state index is 2.26. The third kappa shape index (κ3) is 87.1. The summed E-state index contributed by atoms with van der Waals surface area (Å²) < 4.78 is 0. The fourth-order valence-electron chi connectivity index (χ4n) is 0.866. The Labute approximate surface area is 116 Å². The van der Waals surface area contributed by atoms with E-state index in [1.807, 2.05) is 69.2 Å². The summed E-state index contributed by atoms with van der Waals surface area (Å²) in [7, 11) is 0. The zero-order valence-corrected chi connectivity index (χ0v) is 15.7. The molecule has 0 aliphatic heterocycles. The van der Waals surface area contributed by atoms with E-state index < -0.39 is 0 Å². The summed E-state index contributed by atoms with van der Waals surface area (Å²) >= 11 is 0. The van der Waals surface area contributed by atoms with Crippen LogP contribution >= 0.6 is 0 Å². The largest absolute Gasteiger partial charge is 0.0683 e. The van der Waals surface area contributed by atoms with E-state index >= 15 is 0 Å². The molecule has 0 heterocycles. The highest BCUT2D eigenvalue weighted by Crippen LogP contribution is 2.09. The topological polar surface area (TPSA) is 0 Å². The molecule has 0 saturated carbocycles. The van der Waals surface area contributed by atoms with Gasteiger partial charge in [-0.15, -0.1) is 0 Å². The van der Waals surface area contributed by atoms with Crippen LogP contribution in [0, 0.1) is 5.92 Å². The van der Waals surface area contributed by atoms with Gasteiger partial charge in [0, 0.05) is 0 Å². The maximum Gasteiger partial charge on any atom is -0.0422 e. The maximum atomic E-state index is 2.26. The van der Waals surface area contributed by atoms with Crippen LogP contribution in [-0.2, 0) is 0 Å². The average Bonchev–Trinajstić information content (AvgIpc) is 2.51. The van der Waals surface area contributed by atoms with E-state index in [-0.39, 0.29) is 0 Å². The van der Waals surface area contributed by atoms with Crippen molar-refractivity contribution in [3.05, 3.63) is 0 Å². The average molecular weight is 251 g/mol. The van der Waals surface area contributed by atoms with E-state index in [0.717, 1.165) is 5.92 Å². The summed E-state index contributed by atoms with van der Waals surface area (Å²) in [5.41, 5.74) is 0. The molecule has 0 radical (unpaired) electrons. The number of rotatable bonds is 3. The van der Waals surface area contributed by atoms with Crippen molar-refractivity contribution in [2.45, 2.75) is 109 Å². The van der Waals surface area contributed by atoms with Crippen molar-refractivity contribution in [3.63, 3.8) is 0 Å². The van der Waals surface area contributed by atoms with Crippen LogP contribution in [0.5, 0.6) is 0 Å². The molecule has 0 aliphatic rings. The van der Waals surface area contributed by atoms with E-state index in [9.17, 15) is 0 Å². The molecule has 0 saturated heterocycles. The van der Waals surface area contributed by atoms with Crippen molar-refractivity contribution in [1.82, 2.24) is 0 Å². The minimum atomic E-state index is 0.986. The van der Waals surface area contributed by atoms with Gasteiger partial charge in [-0.3, -0.25) is 0 Å². The molecule has 17 heavy (non-hydrogen) atoms. The van der Waals surface area contributed by atoms with E-state index in [1.54, 1.807) is 0 Å². The molecule has 0 spiro atoms. The molecule has 0 fully saturated rings. The summed E-state index contributed by atoms with van der Waals surface area (Å²) in [6.07, 6.45) is 4.06. The van der Waals surface area contributed by atoms with E-state index in [2.05, 4.69) is 20.8 Å². The van der Waals surface area contributed by atoms with Crippen LogP contribution in [0.1, 0.15) is 109 Å². The summed E-state index contributed by atoms with van der Waals surface area (Å²) in [5.74, 6) is 0.986. The van der Waals surface area contributed by atoms with Crippen LogP contribution in [0.4, 0.5) is 0 Å². The van der Waals surface area contributed by atoms with Crippen molar-refractivity contribution < 1.29 is 0 Å². The smallest absolute Gasteiger partial charge is 0.0422 e. The van der Waals surface area contributed by atoms with Crippen LogP contribution in [-0.4, -0.2) is 0 Å². The summed E-state index contributed by atoms with van der Waals surface area (Å²) in [4.78, 5) is 0. The first-order valence-electron chi connectivity index (χ1n) is 8.35. The van der Waals surface area contributed by atoms with Gasteiger partial charge in [0.1, 0.15) is 0 Å². The fraction of sp³-hybridized carbons (Fsp3) is 1.00. The van der Waals surface area contributed by atoms with Crippen LogP contribution in [0.2, 0.25) is 0 Å². The van der Waals surface area contributed by atoms with Gasteiger partial charge in [-0.05, 0) is 5.92 Å². The van der Waals surface area contributed by atoms with Crippen molar-refractivity contribution in [2.75, 3.05) is 0 Å². The van der Waals surface area contributed by atoms with Gasteiger partial charge < -0.3 is 0 Å². The Bertz CT molecular complexity index is 21.5. The van der Waals surface area contributed by atoms with Crippen molar-refractivity contribution >= 4 is 0 Å². The molecule has 0 aliphatic carbocycles. The second-order valence-corrected chi connectivity index (χ2v) is 2.09. The number of hydrogen-bond acceptors (Lipinski definition) is 0. The van der Waals surface area contributed by atoms with Crippen molar-refractivity contribution in [1.29, 1.82) is 0 Å².